The molecule has 0 spiro atoms. The van der Waals surface area contributed by atoms with Gasteiger partial charge in [-0.2, -0.15) is 0 Å². The summed E-state index contributed by atoms with van der Waals surface area (Å²) in [5, 5.41) is 8.26. The summed E-state index contributed by atoms with van der Waals surface area (Å²) in [6, 6.07) is -0.427. The maximum atomic E-state index is 12.1. The van der Waals surface area contributed by atoms with Crippen LogP contribution in [0.2, 0.25) is 0 Å². The summed E-state index contributed by atoms with van der Waals surface area (Å²) in [4.78, 5) is 41.3. The summed E-state index contributed by atoms with van der Waals surface area (Å²) in [5.74, 6) is 0.0000876. The van der Waals surface area contributed by atoms with Crippen molar-refractivity contribution >= 4 is 23.9 Å². The van der Waals surface area contributed by atoms with Gasteiger partial charge in [0, 0.05) is 26.7 Å². The molecular weight excluding hydrogens is 326 g/mol. The van der Waals surface area contributed by atoms with Gasteiger partial charge in [0.25, 0.3) is 5.91 Å². The minimum absolute atomic E-state index is 0.0716. The highest BCUT2D eigenvalue weighted by atomic mass is 16.5. The van der Waals surface area contributed by atoms with E-state index in [0.717, 1.165) is 31.9 Å². The Bertz CT molecular complexity index is 571. The van der Waals surface area contributed by atoms with Gasteiger partial charge in [-0.1, -0.05) is 6.92 Å². The van der Waals surface area contributed by atoms with E-state index in [1.807, 2.05) is 0 Å². The molecule has 0 radical (unpaired) electrons. The lowest BCUT2D eigenvalue weighted by Crippen LogP contribution is -2.55. The van der Waals surface area contributed by atoms with E-state index < -0.39 is 11.6 Å². The fourth-order valence-corrected chi connectivity index (χ4v) is 3.37. The van der Waals surface area contributed by atoms with Crippen LogP contribution in [0.4, 0.5) is 4.79 Å². The number of imide groups is 1. The van der Waals surface area contributed by atoms with Crippen molar-refractivity contribution in [2.24, 2.45) is 16.8 Å². The third kappa shape index (κ3) is 4.02. The van der Waals surface area contributed by atoms with E-state index in [1.54, 1.807) is 20.9 Å². The monoisotopic (exact) mass is 353 g/mol. The van der Waals surface area contributed by atoms with Crippen LogP contribution in [0.25, 0.3) is 0 Å². The summed E-state index contributed by atoms with van der Waals surface area (Å²) < 4.78 is 4.72. The van der Waals surface area contributed by atoms with Gasteiger partial charge < -0.3 is 20.3 Å². The maximum Gasteiger partial charge on any atom is 0.322 e. The summed E-state index contributed by atoms with van der Waals surface area (Å²) in [6.07, 6.45) is 1.52. The van der Waals surface area contributed by atoms with Crippen molar-refractivity contribution in [1.29, 1.82) is 0 Å². The molecular formula is C16H27N5O4. The summed E-state index contributed by atoms with van der Waals surface area (Å²) in [6.45, 7) is 5.44. The average molecular weight is 353 g/mol. The second-order valence-corrected chi connectivity index (χ2v) is 6.72. The van der Waals surface area contributed by atoms with Crippen LogP contribution in [-0.2, 0) is 14.3 Å². The Balaban J connectivity index is 1.89. The number of carbonyl (C=O) groups is 3. The predicted octanol–water partition coefficient (Wildman–Crippen LogP) is -0.319. The smallest absolute Gasteiger partial charge is 0.322 e. The molecule has 2 aliphatic heterocycles. The van der Waals surface area contributed by atoms with E-state index in [1.165, 1.54) is 7.11 Å². The van der Waals surface area contributed by atoms with E-state index in [9.17, 15) is 14.4 Å². The molecule has 0 aromatic rings. The van der Waals surface area contributed by atoms with Gasteiger partial charge in [-0.25, -0.2) is 4.79 Å². The number of nitrogens with one attached hydrogen (secondary N) is 3. The second-order valence-electron chi connectivity index (χ2n) is 6.72. The number of hydrogen-bond acceptors (Lipinski definition) is 5. The first-order valence-electron chi connectivity index (χ1n) is 8.48. The Morgan fingerprint density at radius 1 is 1.44 bits per heavy atom. The van der Waals surface area contributed by atoms with E-state index in [4.69, 9.17) is 4.74 Å². The van der Waals surface area contributed by atoms with Crippen molar-refractivity contribution < 1.29 is 19.1 Å². The number of aliphatic imine (C=N–C) groups is 1. The van der Waals surface area contributed by atoms with Crippen LogP contribution in [0.5, 0.6) is 0 Å². The topological polar surface area (TPSA) is 112 Å². The highest BCUT2D eigenvalue weighted by Gasteiger charge is 2.48. The van der Waals surface area contributed by atoms with Crippen LogP contribution in [0.15, 0.2) is 4.99 Å². The zero-order valence-corrected chi connectivity index (χ0v) is 15.2. The van der Waals surface area contributed by atoms with Crippen molar-refractivity contribution in [2.45, 2.75) is 32.2 Å². The Hall–Kier alpha value is -2.32. The quantitative estimate of drug-likeness (QED) is 0.276. The molecule has 2 unspecified atom stereocenters. The molecule has 0 aromatic carbocycles. The number of carbonyl (C=O) groups excluding carboxylic acids is 3. The second kappa shape index (κ2) is 7.71. The highest BCUT2D eigenvalue weighted by Crippen LogP contribution is 2.30. The number of guanidine groups is 1. The molecule has 9 nitrogen and oxygen atoms in total. The molecule has 0 saturated carbocycles. The molecule has 3 amide bonds. The Labute approximate surface area is 147 Å². The molecule has 3 N–H and O–H groups in total. The number of likely N-dealkylation sites (tertiary alicyclic amines) is 1. The molecule has 140 valence electrons. The van der Waals surface area contributed by atoms with E-state index in [0.29, 0.717) is 6.54 Å². The number of piperidine rings is 1. The van der Waals surface area contributed by atoms with Crippen molar-refractivity contribution in [1.82, 2.24) is 20.9 Å². The van der Waals surface area contributed by atoms with Gasteiger partial charge >= 0.3 is 12.0 Å². The van der Waals surface area contributed by atoms with Crippen molar-refractivity contribution in [3.63, 3.8) is 0 Å². The number of hydrogen-bond donors (Lipinski definition) is 3. The van der Waals surface area contributed by atoms with E-state index in [-0.39, 0.29) is 23.7 Å². The molecule has 2 atom stereocenters. The number of esters is 1. The van der Waals surface area contributed by atoms with Gasteiger partial charge in [0.1, 0.15) is 5.54 Å². The average Bonchev–Trinajstić information content (AvgIpc) is 2.87. The lowest BCUT2D eigenvalue weighted by molar-refractivity contribution is -0.144. The SMILES string of the molecule is CN=C(NCC(C)C(=O)OC)N1CCC(C2(C)NC(=O)NC2=O)CC1. The third-order valence-corrected chi connectivity index (χ3v) is 5.06. The van der Waals surface area contributed by atoms with Crippen LogP contribution >= 0.6 is 0 Å². The van der Waals surface area contributed by atoms with Gasteiger partial charge in [0.15, 0.2) is 5.96 Å². The summed E-state index contributed by atoms with van der Waals surface area (Å²) >= 11 is 0. The van der Waals surface area contributed by atoms with Gasteiger partial charge in [-0.05, 0) is 25.7 Å². The first kappa shape index (κ1) is 19.0. The molecule has 2 saturated heterocycles. The number of amides is 3. The van der Waals surface area contributed by atoms with Crippen LogP contribution < -0.4 is 16.0 Å². The normalized spacial score (nSPS) is 26.1. The standard InChI is InChI=1S/C16H27N5O4/c1-10(12(22)25-4)9-18-14(17-3)21-7-5-11(6-8-21)16(2)13(23)19-15(24)20-16/h10-11H,5-9H2,1-4H3,(H,17,18)(H2,19,20,23,24). The molecule has 2 rings (SSSR count). The van der Waals surface area contributed by atoms with E-state index >= 15 is 0 Å². The molecule has 25 heavy (non-hydrogen) atoms. The largest absolute Gasteiger partial charge is 0.469 e. The zero-order valence-electron chi connectivity index (χ0n) is 15.2. The van der Waals surface area contributed by atoms with Crippen LogP contribution in [0.3, 0.4) is 0 Å². The maximum absolute atomic E-state index is 12.1. The molecule has 0 aromatic heterocycles. The van der Waals surface area contributed by atoms with Crippen LogP contribution in [-0.4, -0.2) is 68.1 Å². The minimum Gasteiger partial charge on any atom is -0.469 e. The molecule has 0 bridgehead atoms. The highest BCUT2D eigenvalue weighted by molar-refractivity contribution is 6.07. The number of ether oxygens (including phenoxy) is 1. The van der Waals surface area contributed by atoms with Crippen LogP contribution in [0.1, 0.15) is 26.7 Å². The molecule has 2 heterocycles. The molecule has 9 heteroatoms. The number of rotatable bonds is 4. The van der Waals surface area contributed by atoms with E-state index in [2.05, 4.69) is 25.8 Å². The van der Waals surface area contributed by atoms with Gasteiger partial charge in [-0.15, -0.1) is 0 Å². The Morgan fingerprint density at radius 2 is 2.08 bits per heavy atom. The van der Waals surface area contributed by atoms with Gasteiger partial charge in [0.05, 0.1) is 13.0 Å². The first-order chi connectivity index (χ1) is 11.8. The zero-order chi connectivity index (χ0) is 18.6. The fraction of sp³-hybridized carbons (Fsp3) is 0.750. The minimum atomic E-state index is -0.848. The number of methoxy groups -OCH3 is 1. The van der Waals surface area contributed by atoms with Crippen molar-refractivity contribution in [3.05, 3.63) is 0 Å². The lowest BCUT2D eigenvalue weighted by Gasteiger charge is -2.39. The molecule has 2 fully saturated rings. The van der Waals surface area contributed by atoms with Gasteiger partial charge in [-0.3, -0.25) is 19.9 Å². The number of urea groups is 1. The molecule has 2 aliphatic rings. The fourth-order valence-electron chi connectivity index (χ4n) is 3.37. The molecule has 0 aliphatic carbocycles. The third-order valence-electron chi connectivity index (χ3n) is 5.06. The summed E-state index contributed by atoms with van der Waals surface area (Å²) in [7, 11) is 3.07. The van der Waals surface area contributed by atoms with Crippen LogP contribution in [0, 0.1) is 11.8 Å². The van der Waals surface area contributed by atoms with Crippen molar-refractivity contribution in [2.75, 3.05) is 33.8 Å². The van der Waals surface area contributed by atoms with Crippen molar-refractivity contribution in [3.8, 4) is 0 Å². The predicted molar refractivity (Wildman–Crippen MR) is 91.9 cm³/mol. The summed E-state index contributed by atoms with van der Waals surface area (Å²) in [5.41, 5.74) is -0.848. The Kier molecular flexibility index (Phi) is 5.86. The van der Waals surface area contributed by atoms with Gasteiger partial charge in [0.2, 0.25) is 0 Å². The first-order valence-corrected chi connectivity index (χ1v) is 8.48. The number of nitrogens with zero attached hydrogens (tertiary/aromatic N) is 2. The Morgan fingerprint density at radius 3 is 2.56 bits per heavy atom. The lowest BCUT2D eigenvalue weighted by atomic mass is 9.79.